The van der Waals surface area contributed by atoms with Crippen molar-refractivity contribution in [2.45, 2.75) is 57.7 Å². The van der Waals surface area contributed by atoms with Gasteiger partial charge < -0.3 is 15.2 Å². The second kappa shape index (κ2) is 6.46. The third kappa shape index (κ3) is 5.50. The first-order valence-electron chi connectivity index (χ1n) is 6.19. The molecule has 1 unspecified atom stereocenters. The minimum Gasteiger partial charge on any atom is -0.386 e. The van der Waals surface area contributed by atoms with E-state index in [2.05, 4.69) is 5.32 Å². The first-order chi connectivity index (χ1) is 7.14. The summed E-state index contributed by atoms with van der Waals surface area (Å²) in [4.78, 5) is 0. The van der Waals surface area contributed by atoms with E-state index in [1.54, 1.807) is 0 Å². The fraction of sp³-hybridized carbons (Fsp3) is 1.00. The Labute approximate surface area is 93.2 Å². The van der Waals surface area contributed by atoms with Crippen LogP contribution in [0, 0.1) is 0 Å². The van der Waals surface area contributed by atoms with E-state index in [4.69, 9.17) is 4.74 Å². The maximum atomic E-state index is 9.99. The Hall–Kier alpha value is -0.120. The number of nitrogens with one attached hydrogen (secondary N) is 1. The minimum atomic E-state index is -0.729. The molecule has 0 aromatic heterocycles. The van der Waals surface area contributed by atoms with Gasteiger partial charge in [0.1, 0.15) is 0 Å². The molecule has 1 atom stereocenters. The lowest BCUT2D eigenvalue weighted by molar-refractivity contribution is -0.0700. The van der Waals surface area contributed by atoms with Gasteiger partial charge in [0, 0.05) is 6.54 Å². The summed E-state index contributed by atoms with van der Waals surface area (Å²) in [6.07, 6.45) is 6.61. The quantitative estimate of drug-likeness (QED) is 0.708. The van der Waals surface area contributed by atoms with Gasteiger partial charge in [0.15, 0.2) is 0 Å². The zero-order valence-corrected chi connectivity index (χ0v) is 10.1. The lowest BCUT2D eigenvalue weighted by Gasteiger charge is -2.28. The van der Waals surface area contributed by atoms with E-state index < -0.39 is 5.60 Å². The van der Waals surface area contributed by atoms with Gasteiger partial charge in [0.2, 0.25) is 0 Å². The standard InChI is InChI=1S/C12H25NO2/c1-3-13-9-12(2,14)10-15-11-7-5-4-6-8-11/h11,13-14H,3-10H2,1-2H3. The maximum Gasteiger partial charge on any atom is 0.0975 e. The number of ether oxygens (including phenoxy) is 1. The summed E-state index contributed by atoms with van der Waals surface area (Å²) in [6.45, 7) is 5.82. The molecule has 0 aromatic carbocycles. The van der Waals surface area contributed by atoms with E-state index in [9.17, 15) is 5.11 Å². The smallest absolute Gasteiger partial charge is 0.0975 e. The summed E-state index contributed by atoms with van der Waals surface area (Å²) in [5, 5.41) is 13.1. The van der Waals surface area contributed by atoms with Gasteiger partial charge >= 0.3 is 0 Å². The Kier molecular flexibility index (Phi) is 5.58. The Morgan fingerprint density at radius 1 is 1.33 bits per heavy atom. The Morgan fingerprint density at radius 3 is 2.60 bits per heavy atom. The van der Waals surface area contributed by atoms with Crippen LogP contribution < -0.4 is 5.32 Å². The highest BCUT2D eigenvalue weighted by Gasteiger charge is 2.23. The van der Waals surface area contributed by atoms with Crippen LogP contribution in [0.4, 0.5) is 0 Å². The molecular weight excluding hydrogens is 190 g/mol. The molecule has 0 saturated heterocycles. The number of likely N-dealkylation sites (N-methyl/N-ethyl adjacent to an activating group) is 1. The summed E-state index contributed by atoms with van der Waals surface area (Å²) in [7, 11) is 0. The van der Waals surface area contributed by atoms with E-state index in [0.29, 0.717) is 19.3 Å². The Balaban J connectivity index is 2.15. The molecule has 3 nitrogen and oxygen atoms in total. The third-order valence-corrected chi connectivity index (χ3v) is 2.94. The van der Waals surface area contributed by atoms with Crippen LogP contribution in [-0.4, -0.2) is 36.5 Å². The third-order valence-electron chi connectivity index (χ3n) is 2.94. The SMILES string of the molecule is CCNCC(C)(O)COC1CCCCC1. The highest BCUT2D eigenvalue weighted by molar-refractivity contribution is 4.76. The zero-order chi connectivity index (χ0) is 11.1. The Bertz CT molecular complexity index is 165. The van der Waals surface area contributed by atoms with Crippen molar-refractivity contribution in [2.24, 2.45) is 0 Å². The summed E-state index contributed by atoms with van der Waals surface area (Å²) < 4.78 is 5.75. The minimum absolute atomic E-state index is 0.381. The average molecular weight is 215 g/mol. The molecule has 0 aliphatic heterocycles. The fourth-order valence-electron chi connectivity index (χ4n) is 1.97. The van der Waals surface area contributed by atoms with Crippen molar-refractivity contribution in [3.63, 3.8) is 0 Å². The summed E-state index contributed by atoms with van der Waals surface area (Å²) >= 11 is 0. The normalized spacial score (nSPS) is 22.6. The molecule has 0 bridgehead atoms. The number of hydrogen-bond donors (Lipinski definition) is 2. The van der Waals surface area contributed by atoms with Gasteiger partial charge in [-0.2, -0.15) is 0 Å². The second-order valence-corrected chi connectivity index (χ2v) is 4.85. The molecule has 1 aliphatic rings. The zero-order valence-electron chi connectivity index (χ0n) is 10.1. The number of rotatable bonds is 6. The maximum absolute atomic E-state index is 9.99. The van der Waals surface area contributed by atoms with Crippen molar-refractivity contribution in [3.05, 3.63) is 0 Å². The molecular formula is C12H25NO2. The van der Waals surface area contributed by atoms with Crippen LogP contribution in [0.1, 0.15) is 46.0 Å². The molecule has 15 heavy (non-hydrogen) atoms. The molecule has 90 valence electrons. The van der Waals surface area contributed by atoms with Crippen LogP contribution in [0.15, 0.2) is 0 Å². The fourth-order valence-corrected chi connectivity index (χ4v) is 1.97. The molecule has 3 heteroatoms. The van der Waals surface area contributed by atoms with E-state index in [1.165, 1.54) is 19.3 Å². The first kappa shape index (κ1) is 12.9. The van der Waals surface area contributed by atoms with Crippen molar-refractivity contribution in [2.75, 3.05) is 19.7 Å². The molecule has 0 spiro atoms. The van der Waals surface area contributed by atoms with Crippen LogP contribution in [0.3, 0.4) is 0 Å². The number of hydrogen-bond acceptors (Lipinski definition) is 3. The highest BCUT2D eigenvalue weighted by Crippen LogP contribution is 2.21. The van der Waals surface area contributed by atoms with Gasteiger partial charge in [0.25, 0.3) is 0 Å². The van der Waals surface area contributed by atoms with Gasteiger partial charge in [-0.1, -0.05) is 26.2 Å². The van der Waals surface area contributed by atoms with Crippen molar-refractivity contribution in [3.8, 4) is 0 Å². The monoisotopic (exact) mass is 215 g/mol. The predicted octanol–water partition coefficient (Wildman–Crippen LogP) is 1.70. The summed E-state index contributed by atoms with van der Waals surface area (Å²) in [5.41, 5.74) is -0.729. The van der Waals surface area contributed by atoms with Crippen molar-refractivity contribution < 1.29 is 9.84 Å². The van der Waals surface area contributed by atoms with Crippen molar-refractivity contribution in [1.29, 1.82) is 0 Å². The van der Waals surface area contributed by atoms with E-state index in [1.807, 2.05) is 13.8 Å². The van der Waals surface area contributed by atoms with E-state index in [0.717, 1.165) is 19.4 Å². The molecule has 1 aliphatic carbocycles. The molecule has 0 heterocycles. The molecule has 0 radical (unpaired) electrons. The molecule has 0 amide bonds. The Morgan fingerprint density at radius 2 is 2.00 bits per heavy atom. The largest absolute Gasteiger partial charge is 0.386 e. The van der Waals surface area contributed by atoms with Crippen LogP contribution in [0.2, 0.25) is 0 Å². The van der Waals surface area contributed by atoms with E-state index in [-0.39, 0.29) is 0 Å². The van der Waals surface area contributed by atoms with Gasteiger partial charge in [-0.3, -0.25) is 0 Å². The molecule has 1 fully saturated rings. The second-order valence-electron chi connectivity index (χ2n) is 4.85. The van der Waals surface area contributed by atoms with E-state index >= 15 is 0 Å². The number of aliphatic hydroxyl groups is 1. The lowest BCUT2D eigenvalue weighted by atomic mass is 9.97. The van der Waals surface area contributed by atoms with Crippen LogP contribution in [0.25, 0.3) is 0 Å². The van der Waals surface area contributed by atoms with Gasteiger partial charge in [-0.15, -0.1) is 0 Å². The average Bonchev–Trinajstić information content (AvgIpc) is 2.25. The van der Waals surface area contributed by atoms with Gasteiger partial charge in [-0.25, -0.2) is 0 Å². The molecule has 1 rings (SSSR count). The van der Waals surface area contributed by atoms with Crippen molar-refractivity contribution >= 4 is 0 Å². The van der Waals surface area contributed by atoms with Gasteiger partial charge in [-0.05, 0) is 26.3 Å². The summed E-state index contributed by atoms with van der Waals surface area (Å²) in [6, 6.07) is 0. The topological polar surface area (TPSA) is 41.5 Å². The lowest BCUT2D eigenvalue weighted by Crippen LogP contribution is -2.43. The van der Waals surface area contributed by atoms with Crippen LogP contribution in [-0.2, 0) is 4.74 Å². The van der Waals surface area contributed by atoms with Crippen molar-refractivity contribution in [1.82, 2.24) is 5.32 Å². The predicted molar refractivity (Wildman–Crippen MR) is 62.0 cm³/mol. The first-order valence-corrected chi connectivity index (χ1v) is 6.19. The van der Waals surface area contributed by atoms with Crippen LogP contribution >= 0.6 is 0 Å². The molecule has 0 aromatic rings. The van der Waals surface area contributed by atoms with Crippen LogP contribution in [0.5, 0.6) is 0 Å². The van der Waals surface area contributed by atoms with Gasteiger partial charge in [0.05, 0.1) is 18.3 Å². The summed E-state index contributed by atoms with van der Waals surface area (Å²) in [5.74, 6) is 0. The highest BCUT2D eigenvalue weighted by atomic mass is 16.5. The molecule has 2 N–H and O–H groups in total. The molecule has 1 saturated carbocycles.